The molecule has 1 aromatic heterocycles. The van der Waals surface area contributed by atoms with E-state index in [9.17, 15) is 4.79 Å². The van der Waals surface area contributed by atoms with Crippen molar-refractivity contribution in [3.8, 4) is 0 Å². The van der Waals surface area contributed by atoms with Crippen molar-refractivity contribution in [3.63, 3.8) is 0 Å². The van der Waals surface area contributed by atoms with Gasteiger partial charge in [0.2, 0.25) is 0 Å². The Balaban J connectivity index is 1.64. The molecule has 0 aliphatic rings. The monoisotopic (exact) mass is 372 g/mol. The average molecular weight is 373 g/mol. The molecule has 0 aliphatic heterocycles. The van der Waals surface area contributed by atoms with Gasteiger partial charge >= 0.3 is 0 Å². The molecule has 0 atom stereocenters. The Morgan fingerprint density at radius 2 is 1.56 bits per heavy atom. The zero-order chi connectivity index (χ0) is 17.6. The number of anilines is 2. The quantitative estimate of drug-likeness (QED) is 0.693. The van der Waals surface area contributed by atoms with Crippen LogP contribution in [0.1, 0.15) is 16.1 Å². The van der Waals surface area contributed by atoms with Crippen molar-refractivity contribution in [1.29, 1.82) is 0 Å². The first-order valence-electron chi connectivity index (χ1n) is 7.47. The summed E-state index contributed by atoms with van der Waals surface area (Å²) in [5.74, 6) is 0.241. The maximum Gasteiger partial charge on any atom is 0.270 e. The van der Waals surface area contributed by atoms with Crippen LogP contribution in [0.4, 0.5) is 11.5 Å². The van der Waals surface area contributed by atoms with E-state index in [-0.39, 0.29) is 11.6 Å². The van der Waals surface area contributed by atoms with Crippen molar-refractivity contribution in [2.24, 2.45) is 0 Å². The molecule has 7 heteroatoms. The zero-order valence-electron chi connectivity index (χ0n) is 13.0. The molecule has 0 saturated carbocycles. The van der Waals surface area contributed by atoms with Crippen LogP contribution in [0.25, 0.3) is 0 Å². The number of halogens is 2. The van der Waals surface area contributed by atoms with Crippen LogP contribution < -0.4 is 10.6 Å². The van der Waals surface area contributed by atoms with E-state index in [2.05, 4.69) is 20.6 Å². The number of nitrogens with one attached hydrogen (secondary N) is 2. The van der Waals surface area contributed by atoms with Gasteiger partial charge in [0, 0.05) is 28.3 Å². The van der Waals surface area contributed by atoms with Crippen LogP contribution in [-0.4, -0.2) is 15.9 Å². The van der Waals surface area contributed by atoms with Crippen molar-refractivity contribution in [2.45, 2.75) is 6.54 Å². The minimum absolute atomic E-state index is 0.278. The van der Waals surface area contributed by atoms with E-state index in [1.165, 1.54) is 6.33 Å². The van der Waals surface area contributed by atoms with Crippen molar-refractivity contribution in [3.05, 3.63) is 82.2 Å². The predicted molar refractivity (Wildman–Crippen MR) is 99.4 cm³/mol. The van der Waals surface area contributed by atoms with Gasteiger partial charge in [-0.25, -0.2) is 9.97 Å². The fraction of sp³-hybridized carbons (Fsp3) is 0.0556. The first-order chi connectivity index (χ1) is 12.1. The number of carbonyl (C=O) groups is 1. The highest BCUT2D eigenvalue weighted by Gasteiger charge is 2.09. The lowest BCUT2D eigenvalue weighted by Crippen LogP contribution is -2.24. The van der Waals surface area contributed by atoms with Crippen LogP contribution in [-0.2, 0) is 6.54 Å². The van der Waals surface area contributed by atoms with Gasteiger partial charge in [0.25, 0.3) is 5.91 Å². The summed E-state index contributed by atoms with van der Waals surface area (Å²) in [5.41, 5.74) is 2.04. The molecular weight excluding hydrogens is 359 g/mol. The molecule has 0 radical (unpaired) electrons. The summed E-state index contributed by atoms with van der Waals surface area (Å²) in [5, 5.41) is 7.22. The van der Waals surface area contributed by atoms with Crippen molar-refractivity contribution in [1.82, 2.24) is 15.3 Å². The van der Waals surface area contributed by atoms with Gasteiger partial charge in [0.05, 0.1) is 0 Å². The van der Waals surface area contributed by atoms with Crippen LogP contribution in [0.2, 0.25) is 10.0 Å². The summed E-state index contributed by atoms with van der Waals surface area (Å²) < 4.78 is 0. The maximum atomic E-state index is 12.3. The second-order valence-electron chi connectivity index (χ2n) is 5.23. The van der Waals surface area contributed by atoms with Gasteiger partial charge in [-0.15, -0.1) is 0 Å². The van der Waals surface area contributed by atoms with Crippen molar-refractivity contribution in [2.75, 3.05) is 5.32 Å². The number of hydrogen-bond donors (Lipinski definition) is 2. The topological polar surface area (TPSA) is 66.9 Å². The largest absolute Gasteiger partial charge is 0.347 e. The van der Waals surface area contributed by atoms with E-state index >= 15 is 0 Å². The first-order valence-corrected chi connectivity index (χ1v) is 8.23. The number of rotatable bonds is 5. The molecule has 0 bridgehead atoms. The molecule has 126 valence electrons. The van der Waals surface area contributed by atoms with Crippen LogP contribution >= 0.6 is 23.2 Å². The van der Waals surface area contributed by atoms with Gasteiger partial charge in [-0.3, -0.25) is 4.79 Å². The predicted octanol–water partition coefficient (Wildman–Crippen LogP) is 4.46. The molecule has 0 unspecified atom stereocenters. The van der Waals surface area contributed by atoms with Crippen LogP contribution in [0.5, 0.6) is 0 Å². The average Bonchev–Trinajstić information content (AvgIpc) is 2.63. The van der Waals surface area contributed by atoms with Crippen LogP contribution in [0.3, 0.4) is 0 Å². The summed E-state index contributed by atoms with van der Waals surface area (Å²) in [6.07, 6.45) is 1.34. The Labute approximate surface area is 155 Å². The van der Waals surface area contributed by atoms with E-state index in [0.29, 0.717) is 22.4 Å². The molecule has 0 saturated heterocycles. The summed E-state index contributed by atoms with van der Waals surface area (Å²) >= 11 is 11.7. The lowest BCUT2D eigenvalue weighted by atomic mass is 10.2. The second kappa shape index (κ2) is 7.96. The molecule has 5 nitrogen and oxygen atoms in total. The first kappa shape index (κ1) is 17.2. The standard InChI is InChI=1S/C18H14Cl2N4O/c19-13-3-1-12(2-4-13)10-21-18(25)16-9-17(23-11-22-16)24-15-7-5-14(20)6-8-15/h1-9,11H,10H2,(H,21,25)(H,22,23,24). The molecule has 1 amide bonds. The number of carbonyl (C=O) groups excluding carboxylic acids is 1. The Hall–Kier alpha value is -2.63. The van der Waals surface area contributed by atoms with Crippen LogP contribution in [0.15, 0.2) is 60.9 Å². The molecule has 0 aliphatic carbocycles. The van der Waals surface area contributed by atoms with Gasteiger partial charge in [-0.2, -0.15) is 0 Å². The minimum atomic E-state index is -0.281. The van der Waals surface area contributed by atoms with E-state index in [0.717, 1.165) is 11.3 Å². The number of benzene rings is 2. The van der Waals surface area contributed by atoms with E-state index < -0.39 is 0 Å². The summed E-state index contributed by atoms with van der Waals surface area (Å²) in [7, 11) is 0. The Kier molecular flexibility index (Phi) is 5.48. The summed E-state index contributed by atoms with van der Waals surface area (Å²) in [6, 6.07) is 16.0. The van der Waals surface area contributed by atoms with E-state index in [4.69, 9.17) is 23.2 Å². The second-order valence-corrected chi connectivity index (χ2v) is 6.10. The SMILES string of the molecule is O=C(NCc1ccc(Cl)cc1)c1cc(Nc2ccc(Cl)cc2)ncn1. The zero-order valence-corrected chi connectivity index (χ0v) is 14.6. The number of nitrogens with zero attached hydrogens (tertiary/aromatic N) is 2. The molecule has 2 N–H and O–H groups in total. The smallest absolute Gasteiger partial charge is 0.270 e. The lowest BCUT2D eigenvalue weighted by Gasteiger charge is -2.08. The number of amides is 1. The molecule has 0 spiro atoms. The Morgan fingerprint density at radius 3 is 2.24 bits per heavy atom. The minimum Gasteiger partial charge on any atom is -0.347 e. The third-order valence-corrected chi connectivity index (χ3v) is 3.89. The number of aromatic nitrogens is 2. The molecule has 25 heavy (non-hydrogen) atoms. The van der Waals surface area contributed by atoms with Gasteiger partial charge in [0.15, 0.2) is 0 Å². The molecular formula is C18H14Cl2N4O. The third-order valence-electron chi connectivity index (χ3n) is 3.38. The Bertz CT molecular complexity index is 867. The van der Waals surface area contributed by atoms with Crippen molar-refractivity contribution >= 4 is 40.6 Å². The third kappa shape index (κ3) is 4.92. The van der Waals surface area contributed by atoms with Crippen molar-refractivity contribution < 1.29 is 4.79 Å². The van der Waals surface area contributed by atoms with E-state index in [1.54, 1.807) is 30.3 Å². The highest BCUT2D eigenvalue weighted by Crippen LogP contribution is 2.17. The number of hydrogen-bond acceptors (Lipinski definition) is 4. The van der Waals surface area contributed by atoms with Gasteiger partial charge < -0.3 is 10.6 Å². The van der Waals surface area contributed by atoms with Gasteiger partial charge in [0.1, 0.15) is 17.8 Å². The molecule has 3 aromatic rings. The highest BCUT2D eigenvalue weighted by atomic mass is 35.5. The van der Waals surface area contributed by atoms with E-state index in [1.807, 2.05) is 24.3 Å². The molecule has 1 heterocycles. The fourth-order valence-corrected chi connectivity index (χ4v) is 2.36. The molecule has 3 rings (SSSR count). The maximum absolute atomic E-state index is 12.3. The van der Waals surface area contributed by atoms with Gasteiger partial charge in [-0.05, 0) is 42.0 Å². The van der Waals surface area contributed by atoms with Crippen LogP contribution in [0, 0.1) is 0 Å². The highest BCUT2D eigenvalue weighted by molar-refractivity contribution is 6.30. The van der Waals surface area contributed by atoms with Gasteiger partial charge in [-0.1, -0.05) is 35.3 Å². The summed E-state index contributed by atoms with van der Waals surface area (Å²) in [6.45, 7) is 0.389. The Morgan fingerprint density at radius 1 is 0.920 bits per heavy atom. The summed E-state index contributed by atoms with van der Waals surface area (Å²) in [4.78, 5) is 20.4. The molecule has 0 fully saturated rings. The molecule has 2 aromatic carbocycles. The lowest BCUT2D eigenvalue weighted by molar-refractivity contribution is 0.0946. The fourth-order valence-electron chi connectivity index (χ4n) is 2.11. The normalized spacial score (nSPS) is 10.3.